The van der Waals surface area contributed by atoms with Gasteiger partial charge in [0.1, 0.15) is 0 Å². The van der Waals surface area contributed by atoms with Gasteiger partial charge in [-0.1, -0.05) is 6.92 Å². The first-order chi connectivity index (χ1) is 3.41. The zero-order chi connectivity index (χ0) is 5.54. The molecule has 0 aliphatic rings. The van der Waals surface area contributed by atoms with Crippen molar-refractivity contribution in [2.45, 2.75) is 13.3 Å². The molecule has 0 aliphatic carbocycles. The number of hydrogen-bond acceptors (Lipinski definition) is 2. The molecule has 0 aromatic carbocycles. The molecule has 0 aromatic heterocycles. The van der Waals surface area contributed by atoms with Crippen LogP contribution in [0.25, 0.3) is 0 Å². The van der Waals surface area contributed by atoms with Gasteiger partial charge in [-0.3, -0.25) is 0 Å². The van der Waals surface area contributed by atoms with E-state index in [9.17, 15) is 0 Å². The standard InChI is InChI=1S/C5H12O2.Zr/c1-2-4-7-5-3-6;/h6H,2-5H2,1H3;. The number of ether oxygens (including phenoxy) is 1. The monoisotopic (exact) mass is 194 g/mol. The molecule has 48 valence electrons. The second kappa shape index (κ2) is 10.7. The van der Waals surface area contributed by atoms with Crippen molar-refractivity contribution in [3.63, 3.8) is 0 Å². The summed E-state index contributed by atoms with van der Waals surface area (Å²) in [6.45, 7) is 3.42. The zero-order valence-corrected chi connectivity index (χ0v) is 7.64. The van der Waals surface area contributed by atoms with Gasteiger partial charge in [0.2, 0.25) is 0 Å². The van der Waals surface area contributed by atoms with Crippen LogP contribution >= 0.6 is 0 Å². The summed E-state index contributed by atoms with van der Waals surface area (Å²) in [5, 5.41) is 8.17. The van der Waals surface area contributed by atoms with Gasteiger partial charge in [-0.25, -0.2) is 0 Å². The molecule has 0 unspecified atom stereocenters. The second-order valence-corrected chi connectivity index (χ2v) is 1.34. The minimum absolute atomic E-state index is 0. The fraction of sp³-hybridized carbons (Fsp3) is 1.00. The molecule has 0 amide bonds. The Balaban J connectivity index is 0. The van der Waals surface area contributed by atoms with Crippen LogP contribution in [0.1, 0.15) is 13.3 Å². The Kier molecular flexibility index (Phi) is 15.5. The van der Waals surface area contributed by atoms with E-state index in [-0.39, 0.29) is 32.8 Å². The zero-order valence-electron chi connectivity index (χ0n) is 5.18. The molecule has 2 nitrogen and oxygen atoms in total. The molecule has 0 spiro atoms. The normalized spacial score (nSPS) is 8.25. The van der Waals surface area contributed by atoms with Crippen LogP contribution in [-0.4, -0.2) is 24.9 Å². The van der Waals surface area contributed by atoms with E-state index in [2.05, 4.69) is 0 Å². The van der Waals surface area contributed by atoms with E-state index < -0.39 is 0 Å². The van der Waals surface area contributed by atoms with E-state index in [1.165, 1.54) is 0 Å². The van der Waals surface area contributed by atoms with Crippen LogP contribution in [0.15, 0.2) is 0 Å². The van der Waals surface area contributed by atoms with Crippen molar-refractivity contribution < 1.29 is 36.0 Å². The van der Waals surface area contributed by atoms with Crippen LogP contribution in [0, 0.1) is 0 Å². The van der Waals surface area contributed by atoms with Gasteiger partial charge in [0.25, 0.3) is 0 Å². The molecule has 0 saturated heterocycles. The molecule has 1 N–H and O–H groups in total. The predicted octanol–water partition coefficient (Wildman–Crippen LogP) is 0.403. The van der Waals surface area contributed by atoms with Crippen molar-refractivity contribution in [2.75, 3.05) is 19.8 Å². The van der Waals surface area contributed by atoms with Crippen LogP contribution in [0.2, 0.25) is 0 Å². The summed E-state index contributed by atoms with van der Waals surface area (Å²) in [4.78, 5) is 0. The molecule has 0 aliphatic heterocycles. The summed E-state index contributed by atoms with van der Waals surface area (Å²) in [6.07, 6.45) is 1.03. The van der Waals surface area contributed by atoms with E-state index >= 15 is 0 Å². The average molecular weight is 195 g/mol. The Morgan fingerprint density at radius 1 is 1.38 bits per heavy atom. The van der Waals surface area contributed by atoms with Crippen molar-refractivity contribution >= 4 is 0 Å². The van der Waals surface area contributed by atoms with Crippen molar-refractivity contribution in [2.24, 2.45) is 0 Å². The topological polar surface area (TPSA) is 29.5 Å². The van der Waals surface area contributed by atoms with E-state index in [0.717, 1.165) is 13.0 Å². The van der Waals surface area contributed by atoms with Gasteiger partial charge in [-0.15, -0.1) is 0 Å². The molecule has 8 heavy (non-hydrogen) atoms. The van der Waals surface area contributed by atoms with Gasteiger partial charge in [-0.2, -0.15) is 0 Å². The molecule has 0 atom stereocenters. The number of aliphatic hydroxyl groups excluding tert-OH is 1. The first kappa shape index (κ1) is 11.6. The van der Waals surface area contributed by atoms with Crippen molar-refractivity contribution in [1.82, 2.24) is 0 Å². The van der Waals surface area contributed by atoms with E-state index in [1.54, 1.807) is 0 Å². The van der Waals surface area contributed by atoms with E-state index in [4.69, 9.17) is 9.84 Å². The van der Waals surface area contributed by atoms with Gasteiger partial charge >= 0.3 is 0 Å². The van der Waals surface area contributed by atoms with Crippen molar-refractivity contribution in [1.29, 1.82) is 0 Å². The fourth-order valence-electron chi connectivity index (χ4n) is 0.311. The summed E-state index contributed by atoms with van der Waals surface area (Å²) < 4.78 is 4.88. The SMILES string of the molecule is CCCOCCO.[Zr]. The Morgan fingerprint density at radius 3 is 2.38 bits per heavy atom. The van der Waals surface area contributed by atoms with Crippen LogP contribution < -0.4 is 0 Å². The van der Waals surface area contributed by atoms with Gasteiger partial charge in [0.05, 0.1) is 13.2 Å². The first-order valence-electron chi connectivity index (χ1n) is 2.60. The molecular weight excluding hydrogens is 183 g/mol. The number of hydrogen-bond donors (Lipinski definition) is 1. The summed E-state index contributed by atoms with van der Waals surface area (Å²) in [5.41, 5.74) is 0. The third-order valence-corrected chi connectivity index (χ3v) is 0.584. The minimum Gasteiger partial charge on any atom is -0.394 e. The van der Waals surface area contributed by atoms with Crippen LogP contribution in [0.3, 0.4) is 0 Å². The molecule has 0 bridgehead atoms. The van der Waals surface area contributed by atoms with Gasteiger partial charge in [0.15, 0.2) is 0 Å². The molecule has 0 saturated carbocycles. The third kappa shape index (κ3) is 9.93. The molecule has 3 heteroatoms. The predicted molar refractivity (Wildman–Crippen MR) is 28.2 cm³/mol. The fourth-order valence-corrected chi connectivity index (χ4v) is 0.311. The van der Waals surface area contributed by atoms with Gasteiger partial charge < -0.3 is 9.84 Å². The maximum Gasteiger partial charge on any atom is 0.0697 e. The molecule has 0 rings (SSSR count). The first-order valence-corrected chi connectivity index (χ1v) is 2.60. The maximum absolute atomic E-state index is 8.17. The van der Waals surface area contributed by atoms with Crippen LogP contribution in [-0.2, 0) is 30.9 Å². The smallest absolute Gasteiger partial charge is 0.0697 e. The molecule has 0 radical (unpaired) electrons. The van der Waals surface area contributed by atoms with Crippen molar-refractivity contribution in [3.05, 3.63) is 0 Å². The van der Waals surface area contributed by atoms with Crippen LogP contribution in [0.5, 0.6) is 0 Å². The molecular formula is C5H12O2Zr. The molecule has 0 heterocycles. The summed E-state index contributed by atoms with van der Waals surface area (Å²) in [7, 11) is 0. The average Bonchev–Trinajstić information content (AvgIpc) is 1.69. The summed E-state index contributed by atoms with van der Waals surface area (Å²) in [5.74, 6) is 0. The number of aliphatic hydroxyl groups is 1. The maximum atomic E-state index is 8.17. The molecule has 0 fully saturated rings. The second-order valence-electron chi connectivity index (χ2n) is 1.34. The minimum atomic E-state index is 0. The molecule has 0 aromatic rings. The van der Waals surface area contributed by atoms with E-state index in [0.29, 0.717) is 6.61 Å². The van der Waals surface area contributed by atoms with E-state index in [1.807, 2.05) is 6.92 Å². The van der Waals surface area contributed by atoms with Gasteiger partial charge in [0, 0.05) is 32.8 Å². The Hall–Kier alpha value is 0.803. The number of rotatable bonds is 4. The van der Waals surface area contributed by atoms with Crippen LogP contribution in [0.4, 0.5) is 0 Å². The quantitative estimate of drug-likeness (QED) is 0.658. The van der Waals surface area contributed by atoms with Gasteiger partial charge in [-0.05, 0) is 6.42 Å². The van der Waals surface area contributed by atoms with Crippen molar-refractivity contribution in [3.8, 4) is 0 Å². The third-order valence-electron chi connectivity index (χ3n) is 0.584. The largest absolute Gasteiger partial charge is 0.394 e. The Bertz CT molecular complexity index is 29.6. The summed E-state index contributed by atoms with van der Waals surface area (Å²) in [6, 6.07) is 0. The Labute approximate surface area is 69.4 Å². The Morgan fingerprint density at radius 2 is 2.00 bits per heavy atom. The summed E-state index contributed by atoms with van der Waals surface area (Å²) >= 11 is 0.